The van der Waals surface area contributed by atoms with E-state index >= 15 is 0 Å². The lowest BCUT2D eigenvalue weighted by Gasteiger charge is -2.22. The Morgan fingerprint density at radius 2 is 2.17 bits per heavy atom. The van der Waals surface area contributed by atoms with E-state index in [1.54, 1.807) is 12.3 Å². The number of nitrogens with zero attached hydrogens (tertiary/aromatic N) is 1. The summed E-state index contributed by atoms with van der Waals surface area (Å²) in [5.41, 5.74) is 1.62. The maximum absolute atomic E-state index is 13.6. The van der Waals surface area contributed by atoms with E-state index in [1.165, 1.54) is 12.1 Å². The van der Waals surface area contributed by atoms with Gasteiger partial charge in [0.05, 0.1) is 12.3 Å². The molecule has 0 bridgehead atoms. The van der Waals surface area contributed by atoms with Crippen molar-refractivity contribution in [2.75, 3.05) is 19.0 Å². The van der Waals surface area contributed by atoms with E-state index in [2.05, 4.69) is 10.6 Å². The van der Waals surface area contributed by atoms with Gasteiger partial charge >= 0.3 is 6.03 Å². The van der Waals surface area contributed by atoms with Crippen molar-refractivity contribution in [2.24, 2.45) is 0 Å². The zero-order valence-corrected chi connectivity index (χ0v) is 14.0. The summed E-state index contributed by atoms with van der Waals surface area (Å²) in [6, 6.07) is 7.89. The van der Waals surface area contributed by atoms with Crippen molar-refractivity contribution < 1.29 is 13.6 Å². The number of urea groups is 1. The highest BCUT2D eigenvalue weighted by Crippen LogP contribution is 2.40. The van der Waals surface area contributed by atoms with E-state index in [9.17, 15) is 9.18 Å². The molecule has 2 amide bonds. The topological polar surface area (TPSA) is 57.5 Å². The molecule has 24 heavy (non-hydrogen) atoms. The van der Waals surface area contributed by atoms with Crippen molar-refractivity contribution in [3.05, 3.63) is 53.7 Å². The lowest BCUT2D eigenvalue weighted by Crippen LogP contribution is -2.39. The van der Waals surface area contributed by atoms with Gasteiger partial charge in [0.15, 0.2) is 0 Å². The molecule has 2 aromatic rings. The van der Waals surface area contributed by atoms with Gasteiger partial charge in [-0.15, -0.1) is 0 Å². The van der Waals surface area contributed by atoms with Crippen LogP contribution in [0.15, 0.2) is 41.0 Å². The van der Waals surface area contributed by atoms with Crippen LogP contribution in [-0.4, -0.2) is 26.2 Å². The second-order valence-corrected chi connectivity index (χ2v) is 6.40. The van der Waals surface area contributed by atoms with E-state index in [4.69, 9.17) is 4.42 Å². The summed E-state index contributed by atoms with van der Waals surface area (Å²) >= 11 is 0. The largest absolute Gasteiger partial charge is 0.469 e. The average Bonchev–Trinajstić information content (AvgIpc) is 3.07. The summed E-state index contributed by atoms with van der Waals surface area (Å²) in [6.07, 6.45) is 2.51. The predicted octanol–water partition coefficient (Wildman–Crippen LogP) is 3.40. The Labute approximate surface area is 140 Å². The first-order valence-electron chi connectivity index (χ1n) is 8.03. The molecule has 1 unspecified atom stereocenters. The molecular formula is C18H22FN3O2. The molecule has 5 nitrogen and oxygen atoms in total. The molecular weight excluding hydrogens is 309 g/mol. The average molecular weight is 331 g/mol. The molecule has 0 aliphatic heterocycles. The van der Waals surface area contributed by atoms with Gasteiger partial charge in [-0.25, -0.2) is 9.18 Å². The Hall–Kier alpha value is -2.50. The summed E-state index contributed by atoms with van der Waals surface area (Å²) in [5.74, 6) is 0.825. The van der Waals surface area contributed by atoms with Crippen LogP contribution < -0.4 is 15.5 Å². The van der Waals surface area contributed by atoms with Crippen molar-refractivity contribution >= 4 is 11.7 Å². The van der Waals surface area contributed by atoms with Gasteiger partial charge in [-0.1, -0.05) is 0 Å². The van der Waals surface area contributed by atoms with Crippen LogP contribution >= 0.6 is 0 Å². The number of anilines is 1. The van der Waals surface area contributed by atoms with Crippen molar-refractivity contribution in [1.29, 1.82) is 0 Å². The maximum atomic E-state index is 13.6. The molecule has 6 heteroatoms. The first-order chi connectivity index (χ1) is 11.5. The fourth-order valence-electron chi connectivity index (χ4n) is 2.94. The van der Waals surface area contributed by atoms with Crippen molar-refractivity contribution in [2.45, 2.75) is 31.3 Å². The summed E-state index contributed by atoms with van der Waals surface area (Å²) in [5, 5.41) is 5.82. The Morgan fingerprint density at radius 3 is 2.83 bits per heavy atom. The van der Waals surface area contributed by atoms with Gasteiger partial charge in [0.25, 0.3) is 0 Å². The number of carbonyl (C=O) groups is 1. The minimum absolute atomic E-state index is 0.0872. The van der Waals surface area contributed by atoms with Gasteiger partial charge in [0.2, 0.25) is 0 Å². The highest BCUT2D eigenvalue weighted by Gasteiger charge is 2.41. The first kappa shape index (κ1) is 16.4. The van der Waals surface area contributed by atoms with Crippen molar-refractivity contribution in [3.8, 4) is 0 Å². The normalized spacial score (nSPS) is 20.3. The van der Waals surface area contributed by atoms with Crippen molar-refractivity contribution in [1.82, 2.24) is 10.6 Å². The molecule has 3 atom stereocenters. The fraction of sp³-hybridized carbons (Fsp3) is 0.389. The summed E-state index contributed by atoms with van der Waals surface area (Å²) in [7, 11) is 3.78. The molecule has 2 N–H and O–H groups in total. The molecule has 0 saturated heterocycles. The molecule has 128 valence electrons. The van der Waals surface area contributed by atoms with E-state index in [0.29, 0.717) is 0 Å². The van der Waals surface area contributed by atoms with E-state index in [1.807, 2.05) is 38.1 Å². The van der Waals surface area contributed by atoms with Crippen LogP contribution in [0.4, 0.5) is 14.9 Å². The Morgan fingerprint density at radius 1 is 1.38 bits per heavy atom. The number of amides is 2. The SMILES string of the molecule is CC(NC(=O)N[C@@H]1C[C@H]1c1ccco1)c1cc(F)ccc1N(C)C. The van der Waals surface area contributed by atoms with Crippen LogP contribution in [0.2, 0.25) is 0 Å². The molecule has 1 saturated carbocycles. The van der Waals surface area contributed by atoms with Crippen molar-refractivity contribution in [3.63, 3.8) is 0 Å². The third-order valence-electron chi connectivity index (χ3n) is 4.30. The van der Waals surface area contributed by atoms with Gasteiger partial charge in [-0.3, -0.25) is 0 Å². The summed E-state index contributed by atoms with van der Waals surface area (Å²) < 4.78 is 18.9. The molecule has 1 aliphatic carbocycles. The minimum Gasteiger partial charge on any atom is -0.469 e. The van der Waals surface area contributed by atoms with E-state index in [-0.39, 0.29) is 29.8 Å². The number of halogens is 1. The molecule has 1 heterocycles. The van der Waals surface area contributed by atoms with Crippen LogP contribution in [0, 0.1) is 5.82 Å². The standard InChI is InChI=1S/C18H22FN3O2/c1-11(13-9-12(19)6-7-16(13)22(2)3)20-18(23)21-15-10-14(15)17-5-4-8-24-17/h4-9,11,14-15H,10H2,1-3H3,(H2,20,21,23)/t11?,14-,15-/m1/s1. The molecule has 3 rings (SSSR count). The molecule has 0 spiro atoms. The van der Waals surface area contributed by atoms with Crippen LogP contribution in [0.3, 0.4) is 0 Å². The quantitative estimate of drug-likeness (QED) is 0.883. The Bertz CT molecular complexity index is 715. The lowest BCUT2D eigenvalue weighted by molar-refractivity contribution is 0.237. The number of furan rings is 1. The zero-order chi connectivity index (χ0) is 17.3. The van der Waals surface area contributed by atoms with E-state index < -0.39 is 0 Å². The predicted molar refractivity (Wildman–Crippen MR) is 90.7 cm³/mol. The third-order valence-corrected chi connectivity index (χ3v) is 4.30. The molecule has 1 aliphatic rings. The van der Waals surface area contributed by atoms with Gasteiger partial charge in [-0.2, -0.15) is 0 Å². The number of benzene rings is 1. The first-order valence-corrected chi connectivity index (χ1v) is 8.03. The smallest absolute Gasteiger partial charge is 0.315 e. The van der Waals surface area contributed by atoms with Gasteiger partial charge in [0.1, 0.15) is 11.6 Å². The highest BCUT2D eigenvalue weighted by molar-refractivity contribution is 5.76. The molecule has 1 aromatic heterocycles. The van der Waals surface area contributed by atoms with E-state index in [0.717, 1.165) is 23.4 Å². The highest BCUT2D eigenvalue weighted by atomic mass is 19.1. The summed E-state index contributed by atoms with van der Waals surface area (Å²) in [4.78, 5) is 14.1. The van der Waals surface area contributed by atoms with Crippen LogP contribution in [0.25, 0.3) is 0 Å². The second-order valence-electron chi connectivity index (χ2n) is 6.40. The monoisotopic (exact) mass is 331 g/mol. The van der Waals surface area contributed by atoms with Gasteiger partial charge in [-0.05, 0) is 43.7 Å². The number of nitrogens with one attached hydrogen (secondary N) is 2. The van der Waals surface area contributed by atoms with Crippen LogP contribution in [0.5, 0.6) is 0 Å². The van der Waals surface area contributed by atoms with Gasteiger partial charge < -0.3 is 20.0 Å². The summed E-state index contributed by atoms with van der Waals surface area (Å²) in [6.45, 7) is 1.85. The molecule has 1 fully saturated rings. The second kappa shape index (κ2) is 6.55. The van der Waals surface area contributed by atoms with Gasteiger partial charge in [0, 0.05) is 37.3 Å². The Kier molecular flexibility index (Phi) is 4.46. The lowest BCUT2D eigenvalue weighted by atomic mass is 10.1. The number of hydrogen-bond donors (Lipinski definition) is 2. The number of rotatable bonds is 5. The number of hydrogen-bond acceptors (Lipinski definition) is 3. The van der Waals surface area contributed by atoms with Crippen LogP contribution in [0.1, 0.15) is 36.6 Å². The Balaban J connectivity index is 1.60. The fourth-order valence-corrected chi connectivity index (χ4v) is 2.94. The maximum Gasteiger partial charge on any atom is 0.315 e. The third kappa shape index (κ3) is 3.53. The molecule has 1 aromatic carbocycles. The minimum atomic E-state index is -0.315. The number of carbonyl (C=O) groups excluding carboxylic acids is 1. The molecule has 0 radical (unpaired) electrons. The zero-order valence-electron chi connectivity index (χ0n) is 14.0. The van der Waals surface area contributed by atoms with Crippen LogP contribution in [-0.2, 0) is 0 Å².